The van der Waals surface area contributed by atoms with E-state index < -0.39 is 5.91 Å². The Bertz CT molecular complexity index is 687. The van der Waals surface area contributed by atoms with Gasteiger partial charge in [0.2, 0.25) is 0 Å². The van der Waals surface area contributed by atoms with E-state index >= 15 is 0 Å². The summed E-state index contributed by atoms with van der Waals surface area (Å²) in [6.45, 7) is 0.607. The van der Waals surface area contributed by atoms with Crippen LogP contribution in [0.4, 0.5) is 11.5 Å². The first kappa shape index (κ1) is 13.2. The number of fused-ring (bicyclic) bond motifs is 1. The fourth-order valence-electron chi connectivity index (χ4n) is 2.44. The van der Waals surface area contributed by atoms with E-state index in [0.29, 0.717) is 23.7 Å². The van der Waals surface area contributed by atoms with Gasteiger partial charge < -0.3 is 21.5 Å². The van der Waals surface area contributed by atoms with E-state index in [1.54, 1.807) is 0 Å². The van der Waals surface area contributed by atoms with Crippen LogP contribution in [0.1, 0.15) is 28.4 Å². The van der Waals surface area contributed by atoms with Crippen molar-refractivity contribution < 1.29 is 9.53 Å². The van der Waals surface area contributed by atoms with E-state index in [4.69, 9.17) is 16.2 Å². The van der Waals surface area contributed by atoms with Crippen LogP contribution in [-0.2, 0) is 0 Å². The van der Waals surface area contributed by atoms with Gasteiger partial charge >= 0.3 is 0 Å². The summed E-state index contributed by atoms with van der Waals surface area (Å²) in [6, 6.07) is 9.35. The standard InChI is InChI=1S/C15H16N4O2/c16-9-7-11(14(17)20)15(18-8-9)19-12-5-6-21-13-4-2-1-3-10(12)13/h1-4,7-8,12H,5-6,16H2,(H2,17,20)(H,18,19). The second-order valence-electron chi connectivity index (χ2n) is 4.90. The lowest BCUT2D eigenvalue weighted by atomic mass is 10.0. The summed E-state index contributed by atoms with van der Waals surface area (Å²) in [5, 5.41) is 3.27. The molecule has 0 saturated carbocycles. The Morgan fingerprint density at radius 1 is 1.38 bits per heavy atom. The molecule has 0 radical (unpaired) electrons. The van der Waals surface area contributed by atoms with Crippen molar-refractivity contribution in [3.05, 3.63) is 47.7 Å². The van der Waals surface area contributed by atoms with Gasteiger partial charge in [0.15, 0.2) is 0 Å². The third kappa shape index (κ3) is 2.60. The number of nitrogens with two attached hydrogens (primary N) is 2. The molecule has 0 fully saturated rings. The summed E-state index contributed by atoms with van der Waals surface area (Å²) in [6.07, 6.45) is 2.28. The molecule has 6 heteroatoms. The molecular weight excluding hydrogens is 268 g/mol. The van der Waals surface area contributed by atoms with Crippen molar-refractivity contribution in [3.63, 3.8) is 0 Å². The van der Waals surface area contributed by atoms with Gasteiger partial charge in [0.05, 0.1) is 30.1 Å². The van der Waals surface area contributed by atoms with Gasteiger partial charge in [0.1, 0.15) is 11.6 Å². The molecule has 1 aromatic heterocycles. The highest BCUT2D eigenvalue weighted by atomic mass is 16.5. The fourth-order valence-corrected chi connectivity index (χ4v) is 2.44. The number of ether oxygens (including phenoxy) is 1. The predicted molar refractivity (Wildman–Crippen MR) is 80.1 cm³/mol. The number of nitrogens with zero attached hydrogens (tertiary/aromatic N) is 1. The van der Waals surface area contributed by atoms with Crippen molar-refractivity contribution in [3.8, 4) is 5.75 Å². The third-order valence-electron chi connectivity index (χ3n) is 3.44. The van der Waals surface area contributed by atoms with Crippen LogP contribution < -0.4 is 21.5 Å². The molecule has 5 N–H and O–H groups in total. The second-order valence-corrected chi connectivity index (χ2v) is 4.90. The number of anilines is 2. The number of aromatic nitrogens is 1. The minimum atomic E-state index is -0.558. The molecule has 2 heterocycles. The van der Waals surface area contributed by atoms with E-state index in [9.17, 15) is 4.79 Å². The number of carbonyl (C=O) groups excluding carboxylic acids is 1. The SMILES string of the molecule is NC(=O)c1cc(N)cnc1NC1CCOc2ccccc21. The van der Waals surface area contributed by atoms with E-state index in [2.05, 4.69) is 10.3 Å². The first-order chi connectivity index (χ1) is 10.1. The van der Waals surface area contributed by atoms with Gasteiger partial charge in [-0.2, -0.15) is 0 Å². The van der Waals surface area contributed by atoms with Crippen LogP contribution in [0.5, 0.6) is 5.75 Å². The van der Waals surface area contributed by atoms with Crippen molar-refractivity contribution in [1.29, 1.82) is 0 Å². The molecule has 108 valence electrons. The molecule has 1 aliphatic rings. The number of rotatable bonds is 3. The number of para-hydroxylation sites is 1. The largest absolute Gasteiger partial charge is 0.493 e. The smallest absolute Gasteiger partial charge is 0.252 e. The van der Waals surface area contributed by atoms with E-state index in [-0.39, 0.29) is 6.04 Å². The van der Waals surface area contributed by atoms with Crippen LogP contribution in [-0.4, -0.2) is 17.5 Å². The van der Waals surface area contributed by atoms with E-state index in [1.807, 2.05) is 24.3 Å². The van der Waals surface area contributed by atoms with Gasteiger partial charge in [-0.3, -0.25) is 4.79 Å². The Morgan fingerprint density at radius 3 is 3.00 bits per heavy atom. The lowest BCUT2D eigenvalue weighted by Gasteiger charge is -2.27. The zero-order chi connectivity index (χ0) is 14.8. The molecule has 0 aliphatic carbocycles. The van der Waals surface area contributed by atoms with Gasteiger partial charge in [0.25, 0.3) is 5.91 Å². The highest BCUT2D eigenvalue weighted by Gasteiger charge is 2.22. The average Bonchev–Trinajstić information content (AvgIpc) is 2.49. The average molecular weight is 284 g/mol. The number of nitrogen functional groups attached to an aromatic ring is 1. The molecule has 21 heavy (non-hydrogen) atoms. The summed E-state index contributed by atoms with van der Waals surface area (Å²) in [5.41, 5.74) is 12.8. The van der Waals surface area contributed by atoms with Crippen LogP contribution in [0.15, 0.2) is 36.5 Å². The normalized spacial score (nSPS) is 16.7. The third-order valence-corrected chi connectivity index (χ3v) is 3.44. The van der Waals surface area contributed by atoms with Gasteiger partial charge in [-0.25, -0.2) is 4.98 Å². The monoisotopic (exact) mass is 284 g/mol. The summed E-state index contributed by atoms with van der Waals surface area (Å²) < 4.78 is 5.62. The number of hydrogen-bond acceptors (Lipinski definition) is 5. The Balaban J connectivity index is 1.93. The number of benzene rings is 1. The van der Waals surface area contributed by atoms with Crippen LogP contribution >= 0.6 is 0 Å². The fraction of sp³-hybridized carbons (Fsp3) is 0.200. The van der Waals surface area contributed by atoms with Crippen molar-refractivity contribution in [2.75, 3.05) is 17.7 Å². The van der Waals surface area contributed by atoms with Crippen LogP contribution in [0, 0.1) is 0 Å². The Morgan fingerprint density at radius 2 is 2.19 bits per heavy atom. The first-order valence-corrected chi connectivity index (χ1v) is 6.69. The number of carbonyl (C=O) groups is 1. The molecule has 1 aliphatic heterocycles. The van der Waals surface area contributed by atoms with Crippen LogP contribution in [0.2, 0.25) is 0 Å². The minimum absolute atomic E-state index is 0.0178. The van der Waals surface area contributed by atoms with E-state index in [1.165, 1.54) is 12.3 Å². The Labute approximate surface area is 122 Å². The second kappa shape index (κ2) is 5.32. The predicted octanol–water partition coefficient (Wildman–Crippen LogP) is 1.70. The van der Waals surface area contributed by atoms with Crippen molar-refractivity contribution in [1.82, 2.24) is 4.98 Å². The summed E-state index contributed by atoms with van der Waals surface area (Å²) in [7, 11) is 0. The number of amides is 1. The molecule has 2 aromatic rings. The maximum atomic E-state index is 11.5. The number of nitrogens with one attached hydrogen (secondary N) is 1. The lowest BCUT2D eigenvalue weighted by Crippen LogP contribution is -2.23. The maximum Gasteiger partial charge on any atom is 0.252 e. The molecule has 1 aromatic carbocycles. The summed E-state index contributed by atoms with van der Waals surface area (Å²) >= 11 is 0. The number of primary amides is 1. The molecule has 6 nitrogen and oxygen atoms in total. The zero-order valence-electron chi connectivity index (χ0n) is 11.4. The molecule has 0 saturated heterocycles. The van der Waals surface area contributed by atoms with Gasteiger partial charge in [0, 0.05) is 12.0 Å². The van der Waals surface area contributed by atoms with Crippen LogP contribution in [0.25, 0.3) is 0 Å². The summed E-state index contributed by atoms with van der Waals surface area (Å²) in [4.78, 5) is 15.7. The zero-order valence-corrected chi connectivity index (χ0v) is 11.4. The Kier molecular flexibility index (Phi) is 3.35. The number of pyridine rings is 1. The van der Waals surface area contributed by atoms with Gasteiger partial charge in [-0.05, 0) is 12.1 Å². The molecular formula is C15H16N4O2. The topological polar surface area (TPSA) is 103 Å². The highest BCUT2D eigenvalue weighted by molar-refractivity contribution is 5.98. The lowest BCUT2D eigenvalue weighted by molar-refractivity contribution is 0.100. The van der Waals surface area contributed by atoms with Gasteiger partial charge in [-0.15, -0.1) is 0 Å². The van der Waals surface area contributed by atoms with Crippen molar-refractivity contribution >= 4 is 17.4 Å². The molecule has 1 amide bonds. The summed E-state index contributed by atoms with van der Waals surface area (Å²) in [5.74, 6) is 0.730. The maximum absolute atomic E-state index is 11.5. The van der Waals surface area contributed by atoms with Crippen molar-refractivity contribution in [2.24, 2.45) is 5.73 Å². The number of hydrogen-bond donors (Lipinski definition) is 3. The minimum Gasteiger partial charge on any atom is -0.493 e. The van der Waals surface area contributed by atoms with Crippen molar-refractivity contribution in [2.45, 2.75) is 12.5 Å². The van der Waals surface area contributed by atoms with Gasteiger partial charge in [-0.1, -0.05) is 18.2 Å². The molecule has 3 rings (SSSR count). The Hall–Kier alpha value is -2.76. The molecule has 1 unspecified atom stereocenters. The first-order valence-electron chi connectivity index (χ1n) is 6.69. The van der Waals surface area contributed by atoms with Crippen LogP contribution in [0.3, 0.4) is 0 Å². The van der Waals surface area contributed by atoms with E-state index in [0.717, 1.165) is 17.7 Å². The molecule has 1 atom stereocenters. The molecule has 0 bridgehead atoms. The highest BCUT2D eigenvalue weighted by Crippen LogP contribution is 2.34. The quantitative estimate of drug-likeness (QED) is 0.796. The molecule has 0 spiro atoms.